The van der Waals surface area contributed by atoms with E-state index in [-0.39, 0.29) is 0 Å². The van der Waals surface area contributed by atoms with E-state index in [2.05, 4.69) is 51.5 Å². The lowest BCUT2D eigenvalue weighted by molar-refractivity contribution is 0.0398. The fourth-order valence-electron chi connectivity index (χ4n) is 2.66. The third-order valence-electron chi connectivity index (χ3n) is 3.91. The average Bonchev–Trinajstić information content (AvgIpc) is 2.76. The van der Waals surface area contributed by atoms with Crippen molar-refractivity contribution in [3.8, 4) is 0 Å². The lowest BCUT2D eigenvalue weighted by atomic mass is 10.1. The van der Waals surface area contributed by atoms with Crippen molar-refractivity contribution in [1.29, 1.82) is 0 Å². The van der Waals surface area contributed by atoms with Crippen LogP contribution in [-0.4, -0.2) is 41.0 Å². The minimum absolute atomic E-state index is 0.630. The summed E-state index contributed by atoms with van der Waals surface area (Å²) in [6.45, 7) is 7.96. The zero-order valence-corrected chi connectivity index (χ0v) is 13.7. The monoisotopic (exact) mass is 329 g/mol. The highest BCUT2D eigenvalue weighted by atomic mass is 79.9. The molecule has 19 heavy (non-hydrogen) atoms. The second-order valence-electron chi connectivity index (χ2n) is 5.14. The third-order valence-corrected chi connectivity index (χ3v) is 4.82. The van der Waals surface area contributed by atoms with Gasteiger partial charge in [0.15, 0.2) is 0 Å². The maximum atomic E-state index is 5.44. The SMILES string of the molecule is CCc1nn(CC)c(CN(C)C2CCOCC2)c1Br. The lowest BCUT2D eigenvalue weighted by Gasteiger charge is -2.31. The summed E-state index contributed by atoms with van der Waals surface area (Å²) in [5.74, 6) is 0. The van der Waals surface area contributed by atoms with Gasteiger partial charge in [0.25, 0.3) is 0 Å². The quantitative estimate of drug-likeness (QED) is 0.832. The Hall–Kier alpha value is -0.390. The molecule has 0 aliphatic carbocycles. The van der Waals surface area contributed by atoms with Crippen molar-refractivity contribution in [3.63, 3.8) is 0 Å². The van der Waals surface area contributed by atoms with Gasteiger partial charge in [-0.1, -0.05) is 6.92 Å². The fourth-order valence-corrected chi connectivity index (χ4v) is 3.35. The Morgan fingerprint density at radius 2 is 2.05 bits per heavy atom. The van der Waals surface area contributed by atoms with Crippen molar-refractivity contribution in [2.24, 2.45) is 0 Å². The van der Waals surface area contributed by atoms with Gasteiger partial charge in [-0.15, -0.1) is 0 Å². The van der Waals surface area contributed by atoms with E-state index in [9.17, 15) is 0 Å². The first-order valence-corrected chi connectivity index (χ1v) is 7.98. The number of hydrogen-bond acceptors (Lipinski definition) is 3. The molecule has 1 aromatic heterocycles. The van der Waals surface area contributed by atoms with Crippen molar-refractivity contribution >= 4 is 15.9 Å². The number of aromatic nitrogens is 2. The van der Waals surface area contributed by atoms with Crippen molar-refractivity contribution in [2.75, 3.05) is 20.3 Å². The van der Waals surface area contributed by atoms with E-state index in [1.807, 2.05) is 0 Å². The Balaban J connectivity index is 2.10. The number of nitrogens with zero attached hydrogens (tertiary/aromatic N) is 3. The van der Waals surface area contributed by atoms with Gasteiger partial charge >= 0.3 is 0 Å². The molecule has 1 aliphatic heterocycles. The molecular formula is C14H24BrN3O. The topological polar surface area (TPSA) is 30.3 Å². The minimum atomic E-state index is 0.630. The van der Waals surface area contributed by atoms with Gasteiger partial charge in [0.05, 0.1) is 15.9 Å². The molecule has 0 spiro atoms. The summed E-state index contributed by atoms with van der Waals surface area (Å²) >= 11 is 3.72. The number of ether oxygens (including phenoxy) is 1. The van der Waals surface area contributed by atoms with Crippen LogP contribution in [0.25, 0.3) is 0 Å². The molecule has 0 radical (unpaired) electrons. The molecule has 1 saturated heterocycles. The van der Waals surface area contributed by atoms with Crippen LogP contribution in [0.3, 0.4) is 0 Å². The van der Waals surface area contributed by atoms with Gasteiger partial charge in [0.1, 0.15) is 0 Å². The Morgan fingerprint density at radius 3 is 2.63 bits per heavy atom. The number of rotatable bonds is 5. The maximum absolute atomic E-state index is 5.44. The van der Waals surface area contributed by atoms with Crippen molar-refractivity contribution in [3.05, 3.63) is 15.9 Å². The minimum Gasteiger partial charge on any atom is -0.381 e. The molecule has 0 aromatic carbocycles. The molecular weight excluding hydrogens is 306 g/mol. The number of halogens is 1. The van der Waals surface area contributed by atoms with Crippen LogP contribution in [-0.2, 0) is 24.2 Å². The highest BCUT2D eigenvalue weighted by molar-refractivity contribution is 9.10. The summed E-state index contributed by atoms with van der Waals surface area (Å²) in [5, 5.41) is 4.66. The summed E-state index contributed by atoms with van der Waals surface area (Å²) in [6, 6.07) is 0.630. The van der Waals surface area contributed by atoms with Gasteiger partial charge < -0.3 is 4.74 Å². The van der Waals surface area contributed by atoms with Crippen LogP contribution < -0.4 is 0 Å². The lowest BCUT2D eigenvalue weighted by Crippen LogP contribution is -2.36. The van der Waals surface area contributed by atoms with Gasteiger partial charge in [-0.05, 0) is 49.2 Å². The molecule has 1 aromatic rings. The zero-order chi connectivity index (χ0) is 13.8. The van der Waals surface area contributed by atoms with E-state index in [4.69, 9.17) is 4.74 Å². The van der Waals surface area contributed by atoms with Crippen molar-refractivity contribution in [1.82, 2.24) is 14.7 Å². The molecule has 0 N–H and O–H groups in total. The summed E-state index contributed by atoms with van der Waals surface area (Å²) in [5.41, 5.74) is 2.46. The van der Waals surface area contributed by atoms with Crippen LogP contribution >= 0.6 is 15.9 Å². The molecule has 0 unspecified atom stereocenters. The predicted octanol–water partition coefficient (Wildman–Crippen LogP) is 2.84. The largest absolute Gasteiger partial charge is 0.381 e. The molecule has 0 atom stereocenters. The van der Waals surface area contributed by atoms with Gasteiger partial charge in [0.2, 0.25) is 0 Å². The van der Waals surface area contributed by atoms with E-state index < -0.39 is 0 Å². The highest BCUT2D eigenvalue weighted by Gasteiger charge is 2.22. The third kappa shape index (κ3) is 3.38. The summed E-state index contributed by atoms with van der Waals surface area (Å²) < 4.78 is 8.75. The number of hydrogen-bond donors (Lipinski definition) is 0. The Labute approximate surface area is 124 Å². The molecule has 0 amide bonds. The first-order chi connectivity index (χ1) is 9.17. The Kier molecular flexibility index (Phi) is 5.42. The van der Waals surface area contributed by atoms with Gasteiger partial charge in [-0.2, -0.15) is 5.10 Å². The summed E-state index contributed by atoms with van der Waals surface area (Å²) in [6.07, 6.45) is 3.24. The second-order valence-corrected chi connectivity index (χ2v) is 5.93. The maximum Gasteiger partial charge on any atom is 0.0767 e. The van der Waals surface area contributed by atoms with Crippen molar-refractivity contribution < 1.29 is 4.74 Å². The first kappa shape index (κ1) is 15.0. The molecule has 1 fully saturated rings. The molecule has 108 valence electrons. The predicted molar refractivity (Wildman–Crippen MR) is 80.3 cm³/mol. The standard InChI is InChI=1S/C14H24BrN3O/c1-4-12-14(15)13(18(5-2)16-12)10-17(3)11-6-8-19-9-7-11/h11H,4-10H2,1-3H3. The van der Waals surface area contributed by atoms with Crippen LogP contribution in [0.5, 0.6) is 0 Å². The van der Waals surface area contributed by atoms with Crippen LogP contribution in [0.4, 0.5) is 0 Å². The van der Waals surface area contributed by atoms with Crippen molar-refractivity contribution in [2.45, 2.75) is 52.2 Å². The smallest absolute Gasteiger partial charge is 0.0767 e. The highest BCUT2D eigenvalue weighted by Crippen LogP contribution is 2.25. The Bertz CT molecular complexity index is 413. The van der Waals surface area contributed by atoms with Crippen LogP contribution in [0.2, 0.25) is 0 Å². The van der Waals surface area contributed by atoms with E-state index in [0.29, 0.717) is 6.04 Å². The zero-order valence-electron chi connectivity index (χ0n) is 12.2. The first-order valence-electron chi connectivity index (χ1n) is 7.19. The molecule has 0 bridgehead atoms. The van der Waals surface area contributed by atoms with Gasteiger partial charge in [-0.3, -0.25) is 9.58 Å². The van der Waals surface area contributed by atoms with Crippen LogP contribution in [0, 0.1) is 0 Å². The molecule has 2 heterocycles. The second kappa shape index (κ2) is 6.86. The molecule has 5 heteroatoms. The molecule has 2 rings (SSSR count). The van der Waals surface area contributed by atoms with Gasteiger partial charge in [-0.25, -0.2) is 0 Å². The summed E-state index contributed by atoms with van der Waals surface area (Å²) in [7, 11) is 2.21. The Morgan fingerprint density at radius 1 is 1.37 bits per heavy atom. The average molecular weight is 330 g/mol. The normalized spacial score (nSPS) is 17.3. The molecule has 1 aliphatic rings. The van der Waals surface area contributed by atoms with E-state index in [1.54, 1.807) is 0 Å². The molecule has 0 saturated carbocycles. The van der Waals surface area contributed by atoms with Crippen LogP contribution in [0.15, 0.2) is 4.47 Å². The number of aryl methyl sites for hydroxylation is 2. The fraction of sp³-hybridized carbons (Fsp3) is 0.786. The molecule has 4 nitrogen and oxygen atoms in total. The summed E-state index contributed by atoms with van der Waals surface area (Å²) in [4.78, 5) is 2.44. The van der Waals surface area contributed by atoms with E-state index in [1.165, 1.54) is 10.2 Å². The van der Waals surface area contributed by atoms with Gasteiger partial charge in [0, 0.05) is 32.3 Å². The van der Waals surface area contributed by atoms with E-state index in [0.717, 1.165) is 51.3 Å². The van der Waals surface area contributed by atoms with Crippen LogP contribution in [0.1, 0.15) is 38.1 Å². The van der Waals surface area contributed by atoms with E-state index >= 15 is 0 Å².